The average Bonchev–Trinajstić information content (AvgIpc) is 2.99. The monoisotopic (exact) mass is 264 g/mol. The van der Waals surface area contributed by atoms with Gasteiger partial charge in [0, 0.05) is 11.3 Å². The molecule has 0 saturated carbocycles. The molecule has 4 heteroatoms. The van der Waals surface area contributed by atoms with Gasteiger partial charge in [0.2, 0.25) is 5.76 Å². The van der Waals surface area contributed by atoms with Crippen LogP contribution in [0.4, 0.5) is 5.69 Å². The Bertz CT molecular complexity index is 706. The van der Waals surface area contributed by atoms with Crippen LogP contribution in [0.5, 0.6) is 0 Å². The molecule has 0 bridgehead atoms. The molecule has 0 atom stereocenters. The molecule has 0 fully saturated rings. The Morgan fingerprint density at radius 1 is 0.950 bits per heavy atom. The number of aromatic nitrogens is 1. The summed E-state index contributed by atoms with van der Waals surface area (Å²) >= 11 is 0. The fourth-order valence-corrected chi connectivity index (χ4v) is 1.92. The Hall–Kier alpha value is -2.88. The van der Waals surface area contributed by atoms with Gasteiger partial charge in [0.25, 0.3) is 5.91 Å². The van der Waals surface area contributed by atoms with E-state index in [1.807, 2.05) is 60.7 Å². The first-order valence-electron chi connectivity index (χ1n) is 6.20. The van der Waals surface area contributed by atoms with Crippen LogP contribution in [0.15, 0.2) is 71.5 Å². The molecule has 0 radical (unpaired) electrons. The topological polar surface area (TPSA) is 55.1 Å². The summed E-state index contributed by atoms with van der Waals surface area (Å²) in [6.45, 7) is 0. The Morgan fingerprint density at radius 2 is 1.60 bits per heavy atom. The third kappa shape index (κ3) is 2.44. The molecule has 0 aliphatic rings. The minimum atomic E-state index is -0.312. The minimum absolute atomic E-state index is 0.208. The standard InChI is InChI=1S/C16H12N2O2/c19-16(18-13-9-5-2-6-10-13)15-14(17-11-20-15)12-7-3-1-4-8-12/h1-11H,(H,18,19). The zero-order valence-electron chi connectivity index (χ0n) is 10.6. The van der Waals surface area contributed by atoms with Crippen LogP contribution in [0.2, 0.25) is 0 Å². The maximum atomic E-state index is 12.2. The summed E-state index contributed by atoms with van der Waals surface area (Å²) in [5, 5.41) is 2.78. The SMILES string of the molecule is O=C(Nc1ccccc1)c1ocnc1-c1ccccc1. The number of oxazole rings is 1. The number of hydrogen-bond acceptors (Lipinski definition) is 3. The first-order valence-corrected chi connectivity index (χ1v) is 6.20. The summed E-state index contributed by atoms with van der Waals surface area (Å²) in [6, 6.07) is 18.7. The van der Waals surface area contributed by atoms with Gasteiger partial charge in [-0.3, -0.25) is 4.79 Å². The van der Waals surface area contributed by atoms with Crippen LogP contribution >= 0.6 is 0 Å². The molecule has 0 spiro atoms. The lowest BCUT2D eigenvalue weighted by Gasteiger charge is -2.04. The first kappa shape index (κ1) is 12.2. The number of benzene rings is 2. The number of rotatable bonds is 3. The van der Waals surface area contributed by atoms with Gasteiger partial charge >= 0.3 is 0 Å². The van der Waals surface area contributed by atoms with E-state index >= 15 is 0 Å². The normalized spacial score (nSPS) is 10.2. The second kappa shape index (κ2) is 5.40. The highest BCUT2D eigenvalue weighted by molar-refractivity contribution is 6.05. The van der Waals surface area contributed by atoms with Crippen molar-refractivity contribution in [2.45, 2.75) is 0 Å². The summed E-state index contributed by atoms with van der Waals surface area (Å²) in [5.41, 5.74) is 2.10. The lowest BCUT2D eigenvalue weighted by atomic mass is 10.1. The van der Waals surface area contributed by atoms with E-state index in [0.717, 1.165) is 5.56 Å². The van der Waals surface area contributed by atoms with Crippen molar-refractivity contribution in [1.29, 1.82) is 0 Å². The number of carbonyl (C=O) groups excluding carboxylic acids is 1. The van der Waals surface area contributed by atoms with Gasteiger partial charge in [0.15, 0.2) is 6.39 Å². The van der Waals surface area contributed by atoms with Crippen molar-refractivity contribution in [3.63, 3.8) is 0 Å². The second-order valence-corrected chi connectivity index (χ2v) is 4.22. The highest BCUT2D eigenvalue weighted by atomic mass is 16.3. The van der Waals surface area contributed by atoms with E-state index in [9.17, 15) is 4.79 Å². The number of anilines is 1. The van der Waals surface area contributed by atoms with Crippen LogP contribution in [0, 0.1) is 0 Å². The molecule has 1 aromatic heterocycles. The molecule has 1 heterocycles. The van der Waals surface area contributed by atoms with Crippen molar-refractivity contribution in [3.8, 4) is 11.3 Å². The van der Waals surface area contributed by atoms with Crippen molar-refractivity contribution >= 4 is 11.6 Å². The molecule has 3 rings (SSSR count). The highest BCUT2D eigenvalue weighted by Gasteiger charge is 2.18. The van der Waals surface area contributed by atoms with Crippen molar-refractivity contribution < 1.29 is 9.21 Å². The van der Waals surface area contributed by atoms with Crippen molar-refractivity contribution in [3.05, 3.63) is 72.8 Å². The van der Waals surface area contributed by atoms with Gasteiger partial charge in [-0.05, 0) is 12.1 Å². The molecule has 1 amide bonds. The Labute approximate surface area is 116 Å². The molecule has 0 aliphatic heterocycles. The molecule has 0 saturated heterocycles. The summed E-state index contributed by atoms with van der Waals surface area (Å²) in [6.07, 6.45) is 1.28. The molecule has 2 aromatic carbocycles. The third-order valence-electron chi connectivity index (χ3n) is 2.85. The van der Waals surface area contributed by atoms with Crippen molar-refractivity contribution in [1.82, 2.24) is 4.98 Å². The lowest BCUT2D eigenvalue weighted by Crippen LogP contribution is -2.12. The van der Waals surface area contributed by atoms with Gasteiger partial charge in [-0.15, -0.1) is 0 Å². The maximum Gasteiger partial charge on any atom is 0.293 e. The van der Waals surface area contributed by atoms with Crippen LogP contribution in [0.1, 0.15) is 10.6 Å². The second-order valence-electron chi connectivity index (χ2n) is 4.22. The van der Waals surface area contributed by atoms with E-state index in [-0.39, 0.29) is 11.7 Å². The largest absolute Gasteiger partial charge is 0.438 e. The third-order valence-corrected chi connectivity index (χ3v) is 2.85. The van der Waals surface area contributed by atoms with E-state index in [0.29, 0.717) is 11.4 Å². The van der Waals surface area contributed by atoms with Crippen LogP contribution < -0.4 is 5.32 Å². The minimum Gasteiger partial charge on any atom is -0.438 e. The number of nitrogens with one attached hydrogen (secondary N) is 1. The summed E-state index contributed by atoms with van der Waals surface area (Å²) < 4.78 is 5.23. The summed E-state index contributed by atoms with van der Waals surface area (Å²) in [7, 11) is 0. The Balaban J connectivity index is 1.88. The summed E-state index contributed by atoms with van der Waals surface area (Å²) in [4.78, 5) is 16.3. The van der Waals surface area contributed by atoms with Gasteiger partial charge in [-0.2, -0.15) is 0 Å². The predicted molar refractivity (Wildman–Crippen MR) is 76.3 cm³/mol. The Kier molecular flexibility index (Phi) is 3.29. The average molecular weight is 264 g/mol. The number of hydrogen-bond donors (Lipinski definition) is 1. The lowest BCUT2D eigenvalue weighted by molar-refractivity contribution is 0.0997. The number of carbonyl (C=O) groups is 1. The first-order chi connectivity index (χ1) is 9.84. The van der Waals surface area contributed by atoms with E-state index in [2.05, 4.69) is 10.3 Å². The number of para-hydroxylation sites is 1. The number of amides is 1. The smallest absolute Gasteiger partial charge is 0.293 e. The fraction of sp³-hybridized carbons (Fsp3) is 0. The van der Waals surface area contributed by atoms with Crippen LogP contribution in [-0.2, 0) is 0 Å². The number of nitrogens with zero attached hydrogens (tertiary/aromatic N) is 1. The van der Waals surface area contributed by atoms with Crippen LogP contribution in [0.25, 0.3) is 11.3 Å². The predicted octanol–water partition coefficient (Wildman–Crippen LogP) is 3.59. The molecule has 0 aliphatic carbocycles. The molecule has 98 valence electrons. The van der Waals surface area contributed by atoms with E-state index < -0.39 is 0 Å². The van der Waals surface area contributed by atoms with Gasteiger partial charge in [-0.1, -0.05) is 48.5 Å². The summed E-state index contributed by atoms with van der Waals surface area (Å²) in [5.74, 6) is -0.104. The van der Waals surface area contributed by atoms with E-state index in [1.165, 1.54) is 6.39 Å². The zero-order chi connectivity index (χ0) is 13.8. The molecular formula is C16H12N2O2. The highest BCUT2D eigenvalue weighted by Crippen LogP contribution is 2.22. The van der Waals surface area contributed by atoms with Gasteiger partial charge < -0.3 is 9.73 Å². The molecule has 4 nitrogen and oxygen atoms in total. The molecule has 0 unspecified atom stereocenters. The van der Waals surface area contributed by atoms with Gasteiger partial charge in [0.1, 0.15) is 5.69 Å². The Morgan fingerprint density at radius 3 is 2.30 bits per heavy atom. The van der Waals surface area contributed by atoms with Gasteiger partial charge in [0.05, 0.1) is 0 Å². The zero-order valence-corrected chi connectivity index (χ0v) is 10.6. The van der Waals surface area contributed by atoms with Gasteiger partial charge in [-0.25, -0.2) is 4.98 Å². The maximum absolute atomic E-state index is 12.2. The molecule has 20 heavy (non-hydrogen) atoms. The van der Waals surface area contributed by atoms with Crippen molar-refractivity contribution in [2.75, 3.05) is 5.32 Å². The van der Waals surface area contributed by atoms with E-state index in [1.54, 1.807) is 0 Å². The van der Waals surface area contributed by atoms with Crippen molar-refractivity contribution in [2.24, 2.45) is 0 Å². The van der Waals surface area contributed by atoms with Crippen LogP contribution in [0.3, 0.4) is 0 Å². The molecule has 1 N–H and O–H groups in total. The van der Waals surface area contributed by atoms with Crippen LogP contribution in [-0.4, -0.2) is 10.9 Å². The molecule has 3 aromatic rings. The molecular weight excluding hydrogens is 252 g/mol. The van der Waals surface area contributed by atoms with E-state index in [4.69, 9.17) is 4.42 Å². The quantitative estimate of drug-likeness (QED) is 0.786. The fourth-order valence-electron chi connectivity index (χ4n) is 1.92.